The molecule has 1 fully saturated rings. The number of rotatable bonds is 1. The van der Waals surface area contributed by atoms with Gasteiger partial charge in [0.1, 0.15) is 6.04 Å². The van der Waals surface area contributed by atoms with Gasteiger partial charge < -0.3 is 5.73 Å². The van der Waals surface area contributed by atoms with E-state index in [-0.39, 0.29) is 29.9 Å². The molecule has 2 aliphatic heterocycles. The van der Waals surface area contributed by atoms with E-state index in [2.05, 4.69) is 5.32 Å². The summed E-state index contributed by atoms with van der Waals surface area (Å²) in [5, 5.41) is 2.20. The Morgan fingerprint density at radius 2 is 1.81 bits per heavy atom. The summed E-state index contributed by atoms with van der Waals surface area (Å²) in [5.74, 6) is -2.07. The predicted molar refractivity (Wildman–Crippen MR) is 72.1 cm³/mol. The number of hydrogen-bond donors (Lipinski definition) is 2. The van der Waals surface area contributed by atoms with Crippen LogP contribution in [-0.2, 0) is 9.59 Å². The molecule has 0 aliphatic carbocycles. The summed E-state index contributed by atoms with van der Waals surface area (Å²) >= 11 is 0. The Morgan fingerprint density at radius 1 is 1.10 bits per heavy atom. The predicted octanol–water partition coefficient (Wildman–Crippen LogP) is 0.0601. The second-order valence-electron chi connectivity index (χ2n) is 5.11. The van der Waals surface area contributed by atoms with Crippen molar-refractivity contribution in [1.29, 1.82) is 0 Å². The zero-order chi connectivity index (χ0) is 15.1. The van der Waals surface area contributed by atoms with E-state index in [9.17, 15) is 19.2 Å². The van der Waals surface area contributed by atoms with Crippen molar-refractivity contribution in [1.82, 2.24) is 10.2 Å². The molecule has 1 aromatic carbocycles. The molecule has 2 heterocycles. The standard InChI is InChI=1S/C14H13N3O4/c15-7-4-5-8-9(6-7)14(21)17(13(8)20)10-2-1-3-11(18)16-12(10)19/h4-6,10H,1-3,15H2,(H,16,18,19). The van der Waals surface area contributed by atoms with Crippen LogP contribution in [0.2, 0.25) is 0 Å². The molecule has 0 spiro atoms. The van der Waals surface area contributed by atoms with Gasteiger partial charge in [0.2, 0.25) is 11.8 Å². The number of nitrogens with one attached hydrogen (secondary N) is 1. The van der Waals surface area contributed by atoms with E-state index in [1.54, 1.807) is 0 Å². The molecule has 4 amide bonds. The minimum atomic E-state index is -0.954. The van der Waals surface area contributed by atoms with Gasteiger partial charge in [-0.3, -0.25) is 29.4 Å². The quantitative estimate of drug-likeness (QED) is 0.560. The number of hydrogen-bond acceptors (Lipinski definition) is 5. The van der Waals surface area contributed by atoms with E-state index in [1.807, 2.05) is 0 Å². The van der Waals surface area contributed by atoms with Gasteiger partial charge in [0.25, 0.3) is 11.8 Å². The zero-order valence-corrected chi connectivity index (χ0v) is 11.1. The van der Waals surface area contributed by atoms with Crippen LogP contribution in [-0.4, -0.2) is 34.6 Å². The van der Waals surface area contributed by atoms with E-state index < -0.39 is 23.8 Å². The van der Waals surface area contributed by atoms with Crippen LogP contribution < -0.4 is 11.1 Å². The van der Waals surface area contributed by atoms with Crippen molar-refractivity contribution >= 4 is 29.3 Å². The van der Waals surface area contributed by atoms with E-state index in [0.717, 1.165) is 4.90 Å². The Morgan fingerprint density at radius 3 is 2.57 bits per heavy atom. The third kappa shape index (κ3) is 2.06. The van der Waals surface area contributed by atoms with Gasteiger partial charge >= 0.3 is 0 Å². The molecule has 1 atom stereocenters. The normalized spacial score (nSPS) is 22.1. The van der Waals surface area contributed by atoms with E-state index in [4.69, 9.17) is 5.73 Å². The SMILES string of the molecule is Nc1ccc2c(c1)C(=O)N(C1CCCC(=O)NC1=O)C2=O. The first-order valence-electron chi connectivity index (χ1n) is 6.60. The largest absolute Gasteiger partial charge is 0.399 e. The van der Waals surface area contributed by atoms with Gasteiger partial charge in [-0.05, 0) is 31.0 Å². The van der Waals surface area contributed by atoms with Gasteiger partial charge in [0.15, 0.2) is 0 Å². The number of nitrogens with two attached hydrogens (primary N) is 1. The van der Waals surface area contributed by atoms with Crippen molar-refractivity contribution in [3.63, 3.8) is 0 Å². The highest BCUT2D eigenvalue weighted by Crippen LogP contribution is 2.28. The Hall–Kier alpha value is -2.70. The highest BCUT2D eigenvalue weighted by atomic mass is 16.2. The Balaban J connectivity index is 1.97. The van der Waals surface area contributed by atoms with Crippen molar-refractivity contribution in [2.24, 2.45) is 0 Å². The lowest BCUT2D eigenvalue weighted by Crippen LogP contribution is -2.49. The minimum Gasteiger partial charge on any atom is -0.399 e. The third-order valence-corrected chi connectivity index (χ3v) is 3.70. The van der Waals surface area contributed by atoms with Crippen molar-refractivity contribution in [3.05, 3.63) is 29.3 Å². The fourth-order valence-corrected chi connectivity index (χ4v) is 2.68. The first-order valence-corrected chi connectivity index (χ1v) is 6.60. The molecule has 3 rings (SSSR count). The maximum Gasteiger partial charge on any atom is 0.262 e. The lowest BCUT2D eigenvalue weighted by atomic mass is 10.1. The average Bonchev–Trinajstić information content (AvgIpc) is 2.57. The second-order valence-corrected chi connectivity index (χ2v) is 5.11. The molecule has 1 saturated heterocycles. The number of carbonyl (C=O) groups is 4. The number of nitrogens with zero attached hydrogens (tertiary/aromatic N) is 1. The average molecular weight is 287 g/mol. The van der Waals surface area contributed by atoms with Crippen LogP contribution in [0.15, 0.2) is 18.2 Å². The highest BCUT2D eigenvalue weighted by molar-refractivity contribution is 6.23. The number of imide groups is 2. The maximum atomic E-state index is 12.4. The van der Waals surface area contributed by atoms with Gasteiger partial charge in [-0.25, -0.2) is 0 Å². The van der Waals surface area contributed by atoms with Crippen molar-refractivity contribution in [3.8, 4) is 0 Å². The summed E-state index contributed by atoms with van der Waals surface area (Å²) < 4.78 is 0. The van der Waals surface area contributed by atoms with Crippen LogP contribution in [0.1, 0.15) is 40.0 Å². The third-order valence-electron chi connectivity index (χ3n) is 3.70. The lowest BCUT2D eigenvalue weighted by Gasteiger charge is -2.22. The van der Waals surface area contributed by atoms with Gasteiger partial charge in [0, 0.05) is 12.1 Å². The van der Waals surface area contributed by atoms with Crippen molar-refractivity contribution in [2.75, 3.05) is 5.73 Å². The van der Waals surface area contributed by atoms with E-state index in [0.29, 0.717) is 12.1 Å². The summed E-state index contributed by atoms with van der Waals surface area (Å²) in [7, 11) is 0. The number of benzene rings is 1. The fourth-order valence-electron chi connectivity index (χ4n) is 2.68. The van der Waals surface area contributed by atoms with Gasteiger partial charge in [-0.15, -0.1) is 0 Å². The van der Waals surface area contributed by atoms with Crippen molar-refractivity contribution < 1.29 is 19.2 Å². The molecular formula is C14H13N3O4. The summed E-state index contributed by atoms with van der Waals surface area (Å²) in [6.45, 7) is 0. The summed E-state index contributed by atoms with van der Waals surface area (Å²) in [6.07, 6.45) is 0.925. The molecule has 1 unspecified atom stereocenters. The Kier molecular flexibility index (Phi) is 2.97. The fraction of sp³-hybridized carbons (Fsp3) is 0.286. The first-order chi connectivity index (χ1) is 9.99. The Labute approximate surface area is 120 Å². The smallest absolute Gasteiger partial charge is 0.262 e. The number of carbonyl (C=O) groups excluding carboxylic acids is 4. The highest BCUT2D eigenvalue weighted by Gasteiger charge is 2.43. The van der Waals surface area contributed by atoms with Crippen LogP contribution in [0.3, 0.4) is 0 Å². The molecule has 0 saturated carbocycles. The van der Waals surface area contributed by atoms with Gasteiger partial charge in [-0.1, -0.05) is 0 Å². The van der Waals surface area contributed by atoms with E-state index >= 15 is 0 Å². The molecule has 2 aliphatic rings. The first kappa shape index (κ1) is 13.3. The molecular weight excluding hydrogens is 274 g/mol. The lowest BCUT2D eigenvalue weighted by molar-refractivity contribution is -0.131. The maximum absolute atomic E-state index is 12.4. The molecule has 7 heteroatoms. The molecule has 21 heavy (non-hydrogen) atoms. The number of nitrogen functional groups attached to an aromatic ring is 1. The molecule has 3 N–H and O–H groups in total. The van der Waals surface area contributed by atoms with Crippen LogP contribution in [0.25, 0.3) is 0 Å². The number of fused-ring (bicyclic) bond motifs is 1. The monoisotopic (exact) mass is 287 g/mol. The van der Waals surface area contributed by atoms with Crippen LogP contribution in [0.5, 0.6) is 0 Å². The molecule has 7 nitrogen and oxygen atoms in total. The second kappa shape index (κ2) is 4.69. The Bertz CT molecular complexity index is 683. The number of amides is 4. The van der Waals surface area contributed by atoms with Gasteiger partial charge in [-0.2, -0.15) is 0 Å². The van der Waals surface area contributed by atoms with Gasteiger partial charge in [0.05, 0.1) is 11.1 Å². The molecule has 108 valence electrons. The van der Waals surface area contributed by atoms with E-state index in [1.165, 1.54) is 18.2 Å². The molecule has 0 bridgehead atoms. The summed E-state index contributed by atoms with van der Waals surface area (Å²) in [5.41, 5.74) is 6.43. The van der Waals surface area contributed by atoms with Crippen LogP contribution in [0, 0.1) is 0 Å². The van der Waals surface area contributed by atoms with Crippen molar-refractivity contribution in [2.45, 2.75) is 25.3 Å². The molecule has 0 radical (unpaired) electrons. The zero-order valence-electron chi connectivity index (χ0n) is 11.1. The topological polar surface area (TPSA) is 110 Å². The molecule has 1 aromatic rings. The minimum absolute atomic E-state index is 0.198. The molecule has 0 aromatic heterocycles. The summed E-state index contributed by atoms with van der Waals surface area (Å²) in [6, 6.07) is 3.48. The summed E-state index contributed by atoms with van der Waals surface area (Å²) in [4.78, 5) is 49.0. The van der Waals surface area contributed by atoms with Crippen LogP contribution in [0.4, 0.5) is 5.69 Å². The van der Waals surface area contributed by atoms with Crippen LogP contribution >= 0.6 is 0 Å². The number of anilines is 1.